The van der Waals surface area contributed by atoms with E-state index in [-0.39, 0.29) is 5.82 Å². The zero-order valence-electron chi connectivity index (χ0n) is 10.3. The predicted octanol–water partition coefficient (Wildman–Crippen LogP) is 3.17. The minimum absolute atomic E-state index is 0.124. The van der Waals surface area contributed by atoms with Gasteiger partial charge in [0.25, 0.3) is 0 Å². The molecule has 1 aliphatic heterocycles. The lowest BCUT2D eigenvalue weighted by atomic mass is 10.1. The van der Waals surface area contributed by atoms with Gasteiger partial charge in [0.15, 0.2) is 0 Å². The molecule has 0 spiro atoms. The number of rotatable bonds is 2. The van der Waals surface area contributed by atoms with E-state index in [0.29, 0.717) is 6.04 Å². The van der Waals surface area contributed by atoms with Gasteiger partial charge in [-0.3, -0.25) is 0 Å². The van der Waals surface area contributed by atoms with Crippen molar-refractivity contribution in [1.29, 1.82) is 0 Å². The molecular formula is C14H18BrFN2. The van der Waals surface area contributed by atoms with E-state index in [2.05, 4.69) is 26.1 Å². The van der Waals surface area contributed by atoms with Gasteiger partial charge in [0, 0.05) is 23.6 Å². The Morgan fingerprint density at radius 2 is 2.17 bits per heavy atom. The second-order valence-corrected chi connectivity index (χ2v) is 6.21. The van der Waals surface area contributed by atoms with Gasteiger partial charge in [-0.1, -0.05) is 15.9 Å². The SMILES string of the molecule is Fc1cc(Br)ccc1N1CCCNC(C2CC2)C1. The Hall–Kier alpha value is -0.610. The Kier molecular flexibility index (Phi) is 3.57. The normalized spacial score (nSPS) is 25.0. The summed E-state index contributed by atoms with van der Waals surface area (Å²) in [6.45, 7) is 2.92. The van der Waals surface area contributed by atoms with Crippen LogP contribution in [0.5, 0.6) is 0 Å². The molecule has 18 heavy (non-hydrogen) atoms. The Bertz CT molecular complexity index is 434. The van der Waals surface area contributed by atoms with Crippen molar-refractivity contribution in [3.05, 3.63) is 28.5 Å². The lowest BCUT2D eigenvalue weighted by Crippen LogP contribution is -2.39. The van der Waals surface area contributed by atoms with Crippen LogP contribution < -0.4 is 10.2 Å². The highest BCUT2D eigenvalue weighted by Gasteiger charge is 2.33. The highest BCUT2D eigenvalue weighted by atomic mass is 79.9. The van der Waals surface area contributed by atoms with Crippen molar-refractivity contribution >= 4 is 21.6 Å². The Morgan fingerprint density at radius 3 is 2.89 bits per heavy atom. The molecule has 4 heteroatoms. The van der Waals surface area contributed by atoms with E-state index in [1.165, 1.54) is 12.8 Å². The third kappa shape index (κ3) is 2.69. The summed E-state index contributed by atoms with van der Waals surface area (Å²) < 4.78 is 14.8. The second kappa shape index (κ2) is 5.17. The molecule has 0 bridgehead atoms. The highest BCUT2D eigenvalue weighted by molar-refractivity contribution is 9.10. The highest BCUT2D eigenvalue weighted by Crippen LogP contribution is 2.34. The molecule has 0 amide bonds. The van der Waals surface area contributed by atoms with Crippen LogP contribution >= 0.6 is 15.9 Å². The molecule has 0 aromatic heterocycles. The Balaban J connectivity index is 1.80. The summed E-state index contributed by atoms with van der Waals surface area (Å²) >= 11 is 3.31. The molecular weight excluding hydrogens is 295 g/mol. The summed E-state index contributed by atoms with van der Waals surface area (Å²) in [6, 6.07) is 5.90. The van der Waals surface area contributed by atoms with Gasteiger partial charge < -0.3 is 10.2 Å². The number of anilines is 1. The van der Waals surface area contributed by atoms with Crippen LogP contribution in [0, 0.1) is 11.7 Å². The molecule has 2 aliphatic rings. The lowest BCUT2D eigenvalue weighted by molar-refractivity contribution is 0.488. The molecule has 2 nitrogen and oxygen atoms in total. The molecule has 3 rings (SSSR count). The van der Waals surface area contributed by atoms with Gasteiger partial charge in [0.1, 0.15) is 5.82 Å². The number of halogens is 2. The van der Waals surface area contributed by atoms with Crippen LogP contribution in [0.3, 0.4) is 0 Å². The summed E-state index contributed by atoms with van der Waals surface area (Å²) in [5, 5.41) is 3.60. The van der Waals surface area contributed by atoms with E-state index in [1.54, 1.807) is 6.07 Å². The van der Waals surface area contributed by atoms with Crippen molar-refractivity contribution in [3.8, 4) is 0 Å². The van der Waals surface area contributed by atoms with E-state index in [1.807, 2.05) is 12.1 Å². The molecule has 1 unspecified atom stereocenters. The van der Waals surface area contributed by atoms with Gasteiger partial charge >= 0.3 is 0 Å². The molecule has 1 saturated carbocycles. The molecule has 2 fully saturated rings. The molecule has 98 valence electrons. The first kappa shape index (κ1) is 12.4. The largest absolute Gasteiger partial charge is 0.368 e. The fourth-order valence-corrected chi connectivity index (χ4v) is 3.05. The maximum atomic E-state index is 14.0. The number of benzene rings is 1. The standard InChI is InChI=1S/C14H18BrFN2/c15-11-4-5-14(12(16)8-11)18-7-1-6-17-13(9-18)10-2-3-10/h4-5,8,10,13,17H,1-3,6-7,9H2. The minimum Gasteiger partial charge on any atom is -0.368 e. The second-order valence-electron chi connectivity index (χ2n) is 5.29. The Morgan fingerprint density at radius 1 is 1.33 bits per heavy atom. The van der Waals surface area contributed by atoms with E-state index in [4.69, 9.17) is 0 Å². The van der Waals surface area contributed by atoms with E-state index in [9.17, 15) is 4.39 Å². The first-order valence-corrected chi connectivity index (χ1v) is 7.47. The van der Waals surface area contributed by atoms with Crippen LogP contribution in [0.1, 0.15) is 19.3 Å². The summed E-state index contributed by atoms with van der Waals surface area (Å²) in [6.07, 6.45) is 3.74. The van der Waals surface area contributed by atoms with Crippen LogP contribution in [0.2, 0.25) is 0 Å². The van der Waals surface area contributed by atoms with Crippen LogP contribution in [0.15, 0.2) is 22.7 Å². The summed E-state index contributed by atoms with van der Waals surface area (Å²) in [5.74, 6) is 0.685. The first-order chi connectivity index (χ1) is 8.74. The molecule has 1 atom stereocenters. The monoisotopic (exact) mass is 312 g/mol. The van der Waals surface area contributed by atoms with Gasteiger partial charge in [-0.25, -0.2) is 4.39 Å². The minimum atomic E-state index is -0.124. The topological polar surface area (TPSA) is 15.3 Å². The van der Waals surface area contributed by atoms with Crippen molar-refractivity contribution in [2.24, 2.45) is 5.92 Å². The van der Waals surface area contributed by atoms with E-state index < -0.39 is 0 Å². The maximum Gasteiger partial charge on any atom is 0.147 e. The summed E-state index contributed by atoms with van der Waals surface area (Å²) in [4.78, 5) is 2.20. The zero-order valence-corrected chi connectivity index (χ0v) is 11.9. The fourth-order valence-electron chi connectivity index (χ4n) is 2.72. The molecule has 0 radical (unpaired) electrons. The number of hydrogen-bond donors (Lipinski definition) is 1. The van der Waals surface area contributed by atoms with Crippen molar-refractivity contribution in [1.82, 2.24) is 5.32 Å². The van der Waals surface area contributed by atoms with Gasteiger partial charge in [0.2, 0.25) is 0 Å². The number of nitrogens with one attached hydrogen (secondary N) is 1. The maximum absolute atomic E-state index is 14.0. The van der Waals surface area contributed by atoms with E-state index in [0.717, 1.165) is 42.1 Å². The molecule has 1 aromatic carbocycles. The average molecular weight is 313 g/mol. The third-order valence-corrected chi connectivity index (χ3v) is 4.36. The first-order valence-electron chi connectivity index (χ1n) is 6.67. The van der Waals surface area contributed by atoms with E-state index >= 15 is 0 Å². The summed E-state index contributed by atoms with van der Waals surface area (Å²) in [7, 11) is 0. The van der Waals surface area contributed by atoms with Crippen LogP contribution in [-0.2, 0) is 0 Å². The molecule has 1 N–H and O–H groups in total. The number of hydrogen-bond acceptors (Lipinski definition) is 2. The van der Waals surface area contributed by atoms with Crippen LogP contribution in [-0.4, -0.2) is 25.7 Å². The molecule has 1 saturated heterocycles. The Labute approximate surface area is 116 Å². The van der Waals surface area contributed by atoms with Crippen molar-refractivity contribution in [2.75, 3.05) is 24.5 Å². The molecule has 1 heterocycles. The average Bonchev–Trinajstić information content (AvgIpc) is 3.15. The van der Waals surface area contributed by atoms with Gasteiger partial charge in [-0.2, -0.15) is 0 Å². The smallest absolute Gasteiger partial charge is 0.147 e. The van der Waals surface area contributed by atoms with Crippen molar-refractivity contribution in [3.63, 3.8) is 0 Å². The third-order valence-electron chi connectivity index (χ3n) is 3.87. The van der Waals surface area contributed by atoms with Gasteiger partial charge in [-0.15, -0.1) is 0 Å². The van der Waals surface area contributed by atoms with Gasteiger partial charge in [0.05, 0.1) is 5.69 Å². The van der Waals surface area contributed by atoms with Crippen LogP contribution in [0.4, 0.5) is 10.1 Å². The van der Waals surface area contributed by atoms with Gasteiger partial charge in [-0.05, 0) is 49.9 Å². The van der Waals surface area contributed by atoms with Crippen molar-refractivity contribution < 1.29 is 4.39 Å². The quantitative estimate of drug-likeness (QED) is 0.902. The fraction of sp³-hybridized carbons (Fsp3) is 0.571. The van der Waals surface area contributed by atoms with Crippen LogP contribution in [0.25, 0.3) is 0 Å². The molecule has 1 aliphatic carbocycles. The lowest BCUT2D eigenvalue weighted by Gasteiger charge is -2.27. The summed E-state index contributed by atoms with van der Waals surface area (Å²) in [5.41, 5.74) is 0.743. The molecule has 1 aromatic rings. The number of nitrogens with zero attached hydrogens (tertiary/aromatic N) is 1. The zero-order chi connectivity index (χ0) is 12.5. The predicted molar refractivity (Wildman–Crippen MR) is 75.4 cm³/mol. The van der Waals surface area contributed by atoms with Crippen molar-refractivity contribution in [2.45, 2.75) is 25.3 Å².